The van der Waals surface area contributed by atoms with Gasteiger partial charge in [-0.25, -0.2) is 30.0 Å². The summed E-state index contributed by atoms with van der Waals surface area (Å²) >= 11 is 6.94. The summed E-state index contributed by atoms with van der Waals surface area (Å²) in [7, 11) is 0. The summed E-state index contributed by atoms with van der Waals surface area (Å²) in [6, 6.07) is 23.8. The average molecular weight is 829 g/mol. The summed E-state index contributed by atoms with van der Waals surface area (Å²) in [6.45, 7) is 4.38. The van der Waals surface area contributed by atoms with Crippen molar-refractivity contribution in [2.45, 2.75) is 25.5 Å². The zero-order valence-corrected chi connectivity index (χ0v) is 31.3. The van der Waals surface area contributed by atoms with Crippen molar-refractivity contribution in [2.24, 2.45) is 0 Å². The van der Waals surface area contributed by atoms with Gasteiger partial charge in [-0.1, -0.05) is 0 Å². The van der Waals surface area contributed by atoms with Crippen LogP contribution in [-0.4, -0.2) is 85.5 Å². The largest absolute Gasteiger partial charge is 0.492 e. The number of furan rings is 1. The van der Waals surface area contributed by atoms with Gasteiger partial charge in [-0.05, 0) is 117 Å². The monoisotopic (exact) mass is 826 g/mol. The van der Waals surface area contributed by atoms with E-state index in [-0.39, 0.29) is 6.10 Å². The standard InChI is InChI=1S/C38H36Br2N8O4/c39-27-19-33-37(41-21-27)45-35(43-33)25-5-9-29(10-6-25)51-17-13-47(23-31-3-1-15-49-31)48(24-32-4-2-16-50-32)14-18-52-30-11-7-26(8-12-30)36-44-34-20-28(40)22-42-38(34)46-36/h1,3,5-12,15,19-22,32H,2,4,13-14,16-18,23-24H2,(H,41,43,45)(H,42,44,46). The van der Waals surface area contributed by atoms with Crippen molar-refractivity contribution < 1.29 is 18.6 Å². The van der Waals surface area contributed by atoms with Gasteiger partial charge in [-0.3, -0.25) is 0 Å². The van der Waals surface area contributed by atoms with Crippen LogP contribution in [0.4, 0.5) is 0 Å². The Morgan fingerprint density at radius 3 is 1.85 bits per heavy atom. The highest BCUT2D eigenvalue weighted by Gasteiger charge is 2.24. The van der Waals surface area contributed by atoms with Gasteiger partial charge in [0.2, 0.25) is 0 Å². The van der Waals surface area contributed by atoms with Crippen LogP contribution in [0.5, 0.6) is 11.5 Å². The SMILES string of the molecule is Brc1cnc2nc(-c3ccc(OCCN(Cc4ccco4)N(CCOc4ccc(-c5nc6ncc(Br)cc6[nH]5)cc4)CC4CCCO4)cc3)[nH]c2c1. The zero-order chi connectivity index (χ0) is 35.3. The molecule has 6 heterocycles. The van der Waals surface area contributed by atoms with Crippen LogP contribution in [0.15, 0.2) is 105 Å². The topological polar surface area (TPSA) is 130 Å². The van der Waals surface area contributed by atoms with Crippen LogP contribution in [0.1, 0.15) is 18.6 Å². The number of nitrogens with one attached hydrogen (secondary N) is 2. The van der Waals surface area contributed by atoms with E-state index in [2.05, 4.69) is 71.8 Å². The summed E-state index contributed by atoms with van der Waals surface area (Å²) in [6.07, 6.45) is 7.45. The minimum absolute atomic E-state index is 0.153. The zero-order valence-electron chi connectivity index (χ0n) is 28.2. The lowest BCUT2D eigenvalue weighted by Gasteiger charge is -2.36. The van der Waals surface area contributed by atoms with E-state index < -0.39 is 0 Å². The van der Waals surface area contributed by atoms with Gasteiger partial charge in [0.1, 0.15) is 42.1 Å². The lowest BCUT2D eigenvalue weighted by molar-refractivity contribution is -0.0778. The number of aromatic amines is 2. The van der Waals surface area contributed by atoms with Crippen molar-refractivity contribution in [2.75, 3.05) is 39.5 Å². The molecule has 0 amide bonds. The van der Waals surface area contributed by atoms with Crippen LogP contribution in [-0.2, 0) is 11.3 Å². The molecule has 1 atom stereocenters. The molecule has 0 bridgehead atoms. The predicted octanol–water partition coefficient (Wildman–Crippen LogP) is 8.04. The molecule has 12 nitrogen and oxygen atoms in total. The quantitative estimate of drug-likeness (QED) is 0.0980. The van der Waals surface area contributed by atoms with Gasteiger partial charge >= 0.3 is 0 Å². The smallest absolute Gasteiger partial charge is 0.178 e. The van der Waals surface area contributed by atoms with Crippen molar-refractivity contribution in [3.63, 3.8) is 0 Å². The number of fused-ring (bicyclic) bond motifs is 2. The molecule has 7 aromatic rings. The maximum Gasteiger partial charge on any atom is 0.178 e. The molecule has 52 heavy (non-hydrogen) atoms. The Kier molecular flexibility index (Phi) is 10.6. The maximum absolute atomic E-state index is 6.27. The summed E-state index contributed by atoms with van der Waals surface area (Å²) in [5.74, 6) is 3.96. The molecule has 14 heteroatoms. The molecule has 0 saturated carbocycles. The molecule has 0 aliphatic carbocycles. The first-order valence-electron chi connectivity index (χ1n) is 17.2. The van der Waals surface area contributed by atoms with Gasteiger partial charge in [0.05, 0.1) is 29.9 Å². The number of nitrogens with zero attached hydrogens (tertiary/aromatic N) is 6. The third-order valence-corrected chi connectivity index (χ3v) is 9.72. The molecule has 1 saturated heterocycles. The Bertz CT molecular complexity index is 2220. The Labute approximate surface area is 316 Å². The predicted molar refractivity (Wildman–Crippen MR) is 205 cm³/mol. The highest BCUT2D eigenvalue weighted by molar-refractivity contribution is 9.10. The number of aromatic nitrogens is 6. The minimum Gasteiger partial charge on any atom is -0.492 e. The molecule has 8 rings (SSSR count). The van der Waals surface area contributed by atoms with Crippen molar-refractivity contribution in [1.82, 2.24) is 39.9 Å². The third kappa shape index (κ3) is 8.37. The van der Waals surface area contributed by atoms with Gasteiger partial charge in [0, 0.05) is 58.7 Å². The molecular weight excluding hydrogens is 792 g/mol. The Morgan fingerprint density at radius 2 is 1.33 bits per heavy atom. The molecule has 1 unspecified atom stereocenters. The van der Waals surface area contributed by atoms with Crippen molar-refractivity contribution >= 4 is 54.2 Å². The molecule has 266 valence electrons. The van der Waals surface area contributed by atoms with Gasteiger partial charge in [0.15, 0.2) is 11.3 Å². The molecule has 5 aromatic heterocycles. The number of hydrazine groups is 1. The highest BCUT2D eigenvalue weighted by Crippen LogP contribution is 2.26. The van der Waals surface area contributed by atoms with Crippen LogP contribution in [0.3, 0.4) is 0 Å². The number of rotatable bonds is 15. The lowest BCUT2D eigenvalue weighted by atomic mass is 10.2. The number of H-pyrrole nitrogens is 2. The summed E-state index contributed by atoms with van der Waals surface area (Å²) in [4.78, 5) is 24.7. The van der Waals surface area contributed by atoms with E-state index in [1.807, 2.05) is 72.8 Å². The van der Waals surface area contributed by atoms with E-state index in [1.165, 1.54) is 0 Å². The second kappa shape index (κ2) is 16.0. The number of pyridine rings is 2. The summed E-state index contributed by atoms with van der Waals surface area (Å²) < 4.78 is 26.2. The van der Waals surface area contributed by atoms with Crippen molar-refractivity contribution in [1.29, 1.82) is 0 Å². The molecule has 0 radical (unpaired) electrons. The van der Waals surface area contributed by atoms with Crippen LogP contribution in [0, 0.1) is 0 Å². The number of halogens is 2. The number of hydrogen-bond acceptors (Lipinski definition) is 10. The van der Waals surface area contributed by atoms with E-state index >= 15 is 0 Å². The lowest BCUT2D eigenvalue weighted by Crippen LogP contribution is -2.49. The fourth-order valence-electron chi connectivity index (χ4n) is 6.25. The number of ether oxygens (including phenoxy) is 3. The van der Waals surface area contributed by atoms with Crippen LogP contribution < -0.4 is 9.47 Å². The second-order valence-corrected chi connectivity index (χ2v) is 14.3. The molecule has 2 aromatic carbocycles. The van der Waals surface area contributed by atoms with E-state index in [0.717, 1.165) is 86.0 Å². The molecule has 1 aliphatic heterocycles. The maximum atomic E-state index is 6.27. The normalized spacial score (nSPS) is 14.7. The first-order valence-corrected chi connectivity index (χ1v) is 18.7. The fraction of sp³-hybridized carbons (Fsp3) is 0.263. The summed E-state index contributed by atoms with van der Waals surface area (Å²) in [5, 5.41) is 4.58. The van der Waals surface area contributed by atoms with Gasteiger partial charge in [-0.2, -0.15) is 0 Å². The van der Waals surface area contributed by atoms with E-state index in [1.54, 1.807) is 18.7 Å². The van der Waals surface area contributed by atoms with E-state index in [4.69, 9.17) is 18.6 Å². The van der Waals surface area contributed by atoms with Crippen molar-refractivity contribution in [3.8, 4) is 34.3 Å². The van der Waals surface area contributed by atoms with Crippen LogP contribution in [0.25, 0.3) is 45.1 Å². The molecular formula is C38H36Br2N8O4. The molecule has 1 fully saturated rings. The van der Waals surface area contributed by atoms with Crippen molar-refractivity contribution in [3.05, 3.63) is 106 Å². The van der Waals surface area contributed by atoms with Gasteiger partial charge < -0.3 is 28.6 Å². The summed E-state index contributed by atoms with van der Waals surface area (Å²) in [5.41, 5.74) is 5.03. The average Bonchev–Trinajstić information content (AvgIpc) is 3.99. The van der Waals surface area contributed by atoms with Gasteiger partial charge in [-0.15, -0.1) is 0 Å². The number of imidazole rings is 2. The van der Waals surface area contributed by atoms with Crippen LogP contribution >= 0.6 is 31.9 Å². The number of hydrogen-bond donors (Lipinski definition) is 2. The molecule has 0 spiro atoms. The number of benzene rings is 2. The first-order chi connectivity index (χ1) is 25.5. The van der Waals surface area contributed by atoms with Gasteiger partial charge in [0.25, 0.3) is 0 Å². The van der Waals surface area contributed by atoms with E-state index in [9.17, 15) is 0 Å². The first kappa shape index (κ1) is 34.5. The minimum atomic E-state index is 0.153. The Hall–Kier alpha value is -4.60. The fourth-order valence-corrected chi connectivity index (χ4v) is 6.92. The Balaban J connectivity index is 0.913. The second-order valence-electron chi connectivity index (χ2n) is 12.5. The van der Waals surface area contributed by atoms with Crippen LogP contribution in [0.2, 0.25) is 0 Å². The van der Waals surface area contributed by atoms with E-state index in [0.29, 0.717) is 44.1 Å². The third-order valence-electron chi connectivity index (χ3n) is 8.86. The Morgan fingerprint density at radius 1 is 0.750 bits per heavy atom. The molecule has 1 aliphatic rings. The highest BCUT2D eigenvalue weighted by atomic mass is 79.9. The molecule has 2 N–H and O–H groups in total.